The third kappa shape index (κ3) is 73.1. The molecule has 89 heavy (non-hydrogen) atoms. The van der Waals surface area contributed by atoms with Gasteiger partial charge in [0.25, 0.3) is 6.29 Å². The lowest BCUT2D eigenvalue weighted by Gasteiger charge is -2.25. The zero-order valence-electron chi connectivity index (χ0n) is 60.4. The van der Waals surface area contributed by atoms with Crippen LogP contribution in [0.2, 0.25) is 0 Å². The van der Waals surface area contributed by atoms with Crippen molar-refractivity contribution in [1.29, 1.82) is 0 Å². The van der Waals surface area contributed by atoms with E-state index in [-0.39, 0.29) is 38.2 Å². The number of carboxylic acids is 1. The molecule has 0 saturated carbocycles. The van der Waals surface area contributed by atoms with E-state index < -0.39 is 18.4 Å². The van der Waals surface area contributed by atoms with Crippen LogP contribution in [0.3, 0.4) is 0 Å². The molecular weight excluding hydrogens is 1100 g/mol. The van der Waals surface area contributed by atoms with Crippen molar-refractivity contribution in [2.45, 2.75) is 424 Å². The lowest BCUT2D eigenvalue weighted by Crippen LogP contribution is -2.40. The standard InChI is InChI=1S/C80H153NO8/c1-6-8-10-12-14-16-18-20-22-24-26-28-30-31-32-33-34-35-36-37-38-39-40-41-42-43-44-45-46-47-49-51-53-55-57-59-61-63-65-67-69-71-78(83)89-76(75-88-80(79(84)85)86-73-72-81(3,4)5)74-87-77(82)70-68-66-64-62-60-58-56-54-52-50-48-29-27-25-23-21-19-17-15-13-11-9-7-2/h18,20,24,26,76,80H,6-17,19,21-23,25,27-75H2,1-5H3/p+1/b20-18-,26-24-. The quantitative estimate of drug-likeness (QED) is 0.0211. The monoisotopic (exact) mass is 1260 g/mol. The largest absolute Gasteiger partial charge is 0.477 e. The Balaban J connectivity index is 3.91. The summed E-state index contributed by atoms with van der Waals surface area (Å²) in [7, 11) is 6.00. The van der Waals surface area contributed by atoms with Crippen LogP contribution in [0.25, 0.3) is 0 Å². The molecule has 0 fully saturated rings. The summed E-state index contributed by atoms with van der Waals surface area (Å²) >= 11 is 0. The number of esters is 2. The van der Waals surface area contributed by atoms with Gasteiger partial charge in [-0.05, 0) is 44.9 Å². The van der Waals surface area contributed by atoms with E-state index in [1.165, 1.54) is 340 Å². The van der Waals surface area contributed by atoms with E-state index in [1.54, 1.807) is 0 Å². The highest BCUT2D eigenvalue weighted by atomic mass is 16.7. The molecule has 526 valence electrons. The molecule has 0 aromatic heterocycles. The minimum atomic E-state index is -1.51. The number of carbonyl (C=O) groups excluding carboxylic acids is 2. The first-order chi connectivity index (χ1) is 43.6. The Bertz CT molecular complexity index is 1510. The molecule has 0 amide bonds. The number of unbranched alkanes of at least 4 members (excludes halogenated alkanes) is 56. The summed E-state index contributed by atoms with van der Waals surface area (Å²) in [5, 5.41) is 9.76. The van der Waals surface area contributed by atoms with Crippen LogP contribution in [0, 0.1) is 0 Å². The summed E-state index contributed by atoms with van der Waals surface area (Å²) in [5.74, 6) is -1.97. The fraction of sp³-hybridized carbons (Fsp3) is 0.912. The fourth-order valence-corrected chi connectivity index (χ4v) is 12.2. The van der Waals surface area contributed by atoms with Gasteiger partial charge in [-0.2, -0.15) is 0 Å². The predicted octanol–water partition coefficient (Wildman–Crippen LogP) is 24.9. The molecule has 2 atom stereocenters. The number of likely N-dealkylation sites (N-methyl/N-ethyl adjacent to an activating group) is 1. The number of ether oxygens (including phenoxy) is 4. The van der Waals surface area contributed by atoms with Gasteiger partial charge >= 0.3 is 17.9 Å². The van der Waals surface area contributed by atoms with Gasteiger partial charge in [0.2, 0.25) is 0 Å². The Labute approximate surface area is 554 Å². The third-order valence-electron chi connectivity index (χ3n) is 18.2. The Morgan fingerprint density at radius 3 is 0.888 bits per heavy atom. The molecule has 0 aliphatic rings. The lowest BCUT2D eigenvalue weighted by atomic mass is 10.0. The second kappa shape index (κ2) is 71.6. The molecular formula is C80H154NO8+. The van der Waals surface area contributed by atoms with Crippen LogP contribution in [0.4, 0.5) is 0 Å². The van der Waals surface area contributed by atoms with Crippen molar-refractivity contribution in [3.05, 3.63) is 24.3 Å². The van der Waals surface area contributed by atoms with E-state index in [0.29, 0.717) is 17.4 Å². The molecule has 0 aliphatic carbocycles. The summed E-state index contributed by atoms with van der Waals surface area (Å²) < 4.78 is 23.0. The van der Waals surface area contributed by atoms with Crippen LogP contribution in [-0.2, 0) is 33.3 Å². The second-order valence-corrected chi connectivity index (χ2v) is 28.4. The number of hydrogen-bond donors (Lipinski definition) is 1. The van der Waals surface area contributed by atoms with Gasteiger partial charge in [-0.3, -0.25) is 9.59 Å². The molecule has 9 nitrogen and oxygen atoms in total. The molecule has 0 aromatic rings. The maximum absolute atomic E-state index is 13.0. The molecule has 0 heterocycles. The first kappa shape index (κ1) is 86.8. The number of quaternary nitrogens is 1. The zero-order valence-corrected chi connectivity index (χ0v) is 60.4. The molecule has 0 rings (SSSR count). The number of rotatable bonds is 75. The maximum atomic E-state index is 13.0. The number of carbonyl (C=O) groups is 3. The Kier molecular flexibility index (Phi) is 69.8. The number of allylic oxidation sites excluding steroid dienone is 4. The molecule has 0 saturated heterocycles. The maximum Gasteiger partial charge on any atom is 0.361 e. The minimum Gasteiger partial charge on any atom is -0.477 e. The predicted molar refractivity (Wildman–Crippen MR) is 383 cm³/mol. The van der Waals surface area contributed by atoms with Crippen LogP contribution in [0.5, 0.6) is 0 Å². The Morgan fingerprint density at radius 2 is 0.607 bits per heavy atom. The van der Waals surface area contributed by atoms with Gasteiger partial charge in [-0.15, -0.1) is 0 Å². The molecule has 0 spiro atoms. The van der Waals surface area contributed by atoms with E-state index in [1.807, 2.05) is 21.1 Å². The highest BCUT2D eigenvalue weighted by Gasteiger charge is 2.25. The second-order valence-electron chi connectivity index (χ2n) is 28.4. The summed E-state index contributed by atoms with van der Waals surface area (Å²) in [5.41, 5.74) is 0. The van der Waals surface area contributed by atoms with E-state index in [9.17, 15) is 19.5 Å². The SMILES string of the molecule is CCCCCCC/C=C\C/C=C\CCCCCCCCCCCCCCCCCCCCCCCCCCCCCCCC(=O)OC(COC(=O)CCCCCCCCCCCCCCCCCCCCCCCCC)COC(OCC[N+](C)(C)C)C(=O)O. The first-order valence-corrected chi connectivity index (χ1v) is 39.5. The topological polar surface area (TPSA) is 108 Å². The van der Waals surface area contributed by atoms with Gasteiger partial charge in [0.1, 0.15) is 13.2 Å². The van der Waals surface area contributed by atoms with Gasteiger partial charge in [0, 0.05) is 12.8 Å². The van der Waals surface area contributed by atoms with Crippen LogP contribution in [0.1, 0.15) is 412 Å². The Morgan fingerprint density at radius 1 is 0.337 bits per heavy atom. The van der Waals surface area contributed by atoms with Crippen molar-refractivity contribution in [1.82, 2.24) is 0 Å². The van der Waals surface area contributed by atoms with Gasteiger partial charge in [-0.25, -0.2) is 4.79 Å². The van der Waals surface area contributed by atoms with Crippen molar-refractivity contribution in [2.75, 3.05) is 47.5 Å². The highest BCUT2D eigenvalue weighted by molar-refractivity contribution is 5.71. The lowest BCUT2D eigenvalue weighted by molar-refractivity contribution is -0.870. The summed E-state index contributed by atoms with van der Waals surface area (Å²) in [6.07, 6.45) is 87.7. The summed E-state index contributed by atoms with van der Waals surface area (Å²) in [6, 6.07) is 0. The van der Waals surface area contributed by atoms with Crippen molar-refractivity contribution in [2.24, 2.45) is 0 Å². The molecule has 1 N–H and O–H groups in total. The van der Waals surface area contributed by atoms with Gasteiger partial charge in [0.05, 0.1) is 34.4 Å². The van der Waals surface area contributed by atoms with E-state index in [2.05, 4.69) is 38.2 Å². The molecule has 9 heteroatoms. The average Bonchev–Trinajstić information content (AvgIpc) is 3.64. The normalized spacial score (nSPS) is 12.7. The highest BCUT2D eigenvalue weighted by Crippen LogP contribution is 2.20. The fourth-order valence-electron chi connectivity index (χ4n) is 12.2. The summed E-state index contributed by atoms with van der Waals surface area (Å²) in [4.78, 5) is 37.7. The molecule has 2 unspecified atom stereocenters. The van der Waals surface area contributed by atoms with Crippen molar-refractivity contribution in [3.63, 3.8) is 0 Å². The van der Waals surface area contributed by atoms with Crippen LogP contribution in [0.15, 0.2) is 24.3 Å². The molecule has 0 bridgehead atoms. The van der Waals surface area contributed by atoms with Crippen LogP contribution < -0.4 is 0 Å². The number of hydrogen-bond acceptors (Lipinski definition) is 7. The van der Waals surface area contributed by atoms with Crippen molar-refractivity contribution in [3.8, 4) is 0 Å². The number of nitrogens with zero attached hydrogens (tertiary/aromatic N) is 1. The van der Waals surface area contributed by atoms with E-state index in [4.69, 9.17) is 18.9 Å². The summed E-state index contributed by atoms with van der Waals surface area (Å²) in [6.45, 7) is 4.95. The first-order valence-electron chi connectivity index (χ1n) is 39.5. The smallest absolute Gasteiger partial charge is 0.361 e. The van der Waals surface area contributed by atoms with Crippen molar-refractivity contribution < 1.29 is 42.9 Å². The van der Waals surface area contributed by atoms with E-state index in [0.717, 1.165) is 44.9 Å². The van der Waals surface area contributed by atoms with Gasteiger partial charge in [-0.1, -0.05) is 378 Å². The zero-order chi connectivity index (χ0) is 64.7. The third-order valence-corrected chi connectivity index (χ3v) is 18.2. The average molecular weight is 1260 g/mol. The van der Waals surface area contributed by atoms with Gasteiger partial charge < -0.3 is 28.5 Å². The van der Waals surface area contributed by atoms with Crippen LogP contribution in [-0.4, -0.2) is 87.4 Å². The van der Waals surface area contributed by atoms with E-state index >= 15 is 0 Å². The van der Waals surface area contributed by atoms with Gasteiger partial charge in [0.15, 0.2) is 6.10 Å². The van der Waals surface area contributed by atoms with Crippen LogP contribution >= 0.6 is 0 Å². The van der Waals surface area contributed by atoms with Crippen molar-refractivity contribution >= 4 is 17.9 Å². The molecule has 0 aromatic carbocycles. The number of carboxylic acid groups (broad SMARTS) is 1. The Hall–Kier alpha value is -2.23. The number of aliphatic carboxylic acids is 1. The molecule has 0 aliphatic heterocycles. The molecule has 0 radical (unpaired) electrons. The minimum absolute atomic E-state index is 0.173.